The molecule has 6 nitrogen and oxygen atoms in total. The van der Waals surface area contributed by atoms with Crippen molar-refractivity contribution < 1.29 is 0 Å². The highest BCUT2D eigenvalue weighted by atomic mass is 15.3. The van der Waals surface area contributed by atoms with Gasteiger partial charge in [0.05, 0.1) is 5.52 Å². The summed E-state index contributed by atoms with van der Waals surface area (Å²) in [5.41, 5.74) is 3.45. The van der Waals surface area contributed by atoms with Crippen LogP contribution in [0, 0.1) is 0 Å². The van der Waals surface area contributed by atoms with Gasteiger partial charge in [-0.05, 0) is 43.2 Å². The maximum atomic E-state index is 4.77. The van der Waals surface area contributed by atoms with Crippen molar-refractivity contribution in [2.45, 2.75) is 12.8 Å². The van der Waals surface area contributed by atoms with E-state index in [0.29, 0.717) is 5.78 Å². The fourth-order valence-electron chi connectivity index (χ4n) is 3.75. The molecule has 5 rings (SSSR count). The maximum absolute atomic E-state index is 4.77. The van der Waals surface area contributed by atoms with E-state index in [1.165, 1.54) is 18.5 Å². The average molecular weight is 344 g/mol. The van der Waals surface area contributed by atoms with Crippen LogP contribution in [0.4, 0.5) is 17.2 Å². The molecule has 0 N–H and O–H groups in total. The van der Waals surface area contributed by atoms with Gasteiger partial charge in [0.25, 0.3) is 5.78 Å². The molecule has 2 aromatic heterocycles. The number of nitrogens with zero attached hydrogens (tertiary/aromatic N) is 6. The van der Waals surface area contributed by atoms with E-state index >= 15 is 0 Å². The average Bonchev–Trinajstić information content (AvgIpc) is 3.38. The lowest BCUT2D eigenvalue weighted by atomic mass is 10.2. The van der Waals surface area contributed by atoms with Gasteiger partial charge >= 0.3 is 0 Å². The minimum atomic E-state index is 0.612. The van der Waals surface area contributed by atoms with Gasteiger partial charge < -0.3 is 9.80 Å². The van der Waals surface area contributed by atoms with Crippen LogP contribution in [-0.2, 0) is 0 Å². The SMILES string of the molecule is CN(c1cccc(N2CCCC2)c1)c1nc2nncn2c2ccccc12. The normalized spacial score (nSPS) is 14.4. The number of hydrogen-bond acceptors (Lipinski definition) is 5. The third-order valence-electron chi connectivity index (χ3n) is 5.15. The molecule has 3 heterocycles. The second-order valence-corrected chi connectivity index (χ2v) is 6.73. The number of fused-ring (bicyclic) bond motifs is 3. The Morgan fingerprint density at radius 3 is 2.73 bits per heavy atom. The smallest absolute Gasteiger partial charge is 0.257 e. The largest absolute Gasteiger partial charge is 0.371 e. The van der Waals surface area contributed by atoms with Gasteiger partial charge in [-0.25, -0.2) is 0 Å². The Morgan fingerprint density at radius 2 is 1.85 bits per heavy atom. The highest BCUT2D eigenvalue weighted by Gasteiger charge is 2.16. The van der Waals surface area contributed by atoms with E-state index in [1.54, 1.807) is 6.33 Å². The zero-order valence-corrected chi connectivity index (χ0v) is 14.7. The van der Waals surface area contributed by atoms with E-state index in [0.717, 1.165) is 35.5 Å². The second kappa shape index (κ2) is 5.98. The lowest BCUT2D eigenvalue weighted by Crippen LogP contribution is -2.18. The van der Waals surface area contributed by atoms with Crippen LogP contribution in [0.2, 0.25) is 0 Å². The van der Waals surface area contributed by atoms with Gasteiger partial charge in [-0.2, -0.15) is 4.98 Å². The summed E-state index contributed by atoms with van der Waals surface area (Å²) in [6, 6.07) is 16.9. The number of benzene rings is 2. The number of rotatable bonds is 3. The van der Waals surface area contributed by atoms with Crippen molar-refractivity contribution in [3.63, 3.8) is 0 Å². The molecule has 6 heteroatoms. The third kappa shape index (κ3) is 2.37. The van der Waals surface area contributed by atoms with E-state index in [-0.39, 0.29) is 0 Å². The van der Waals surface area contributed by atoms with Crippen LogP contribution in [-0.4, -0.2) is 39.7 Å². The number of hydrogen-bond donors (Lipinski definition) is 0. The minimum Gasteiger partial charge on any atom is -0.371 e. The zero-order chi connectivity index (χ0) is 17.5. The van der Waals surface area contributed by atoms with Crippen molar-refractivity contribution in [3.05, 3.63) is 54.9 Å². The summed E-state index contributed by atoms with van der Waals surface area (Å²) in [5, 5.41) is 9.25. The van der Waals surface area contributed by atoms with Gasteiger partial charge in [-0.15, -0.1) is 10.2 Å². The first-order chi connectivity index (χ1) is 12.8. The fraction of sp³-hybridized carbons (Fsp3) is 0.250. The van der Waals surface area contributed by atoms with Gasteiger partial charge in [0.15, 0.2) is 0 Å². The van der Waals surface area contributed by atoms with Crippen molar-refractivity contribution >= 4 is 33.9 Å². The van der Waals surface area contributed by atoms with E-state index in [9.17, 15) is 0 Å². The fourth-order valence-corrected chi connectivity index (χ4v) is 3.75. The first-order valence-electron chi connectivity index (χ1n) is 8.98. The van der Waals surface area contributed by atoms with Gasteiger partial charge in [-0.1, -0.05) is 18.2 Å². The summed E-state index contributed by atoms with van der Waals surface area (Å²) in [5.74, 6) is 1.50. The molecule has 0 aliphatic carbocycles. The van der Waals surface area contributed by atoms with Crippen molar-refractivity contribution in [1.29, 1.82) is 0 Å². The molecule has 0 spiro atoms. The van der Waals surface area contributed by atoms with Gasteiger partial charge in [0.2, 0.25) is 0 Å². The molecule has 2 aromatic carbocycles. The van der Waals surface area contributed by atoms with E-state index in [4.69, 9.17) is 4.98 Å². The van der Waals surface area contributed by atoms with Crippen molar-refractivity contribution in [2.75, 3.05) is 29.9 Å². The van der Waals surface area contributed by atoms with Crippen LogP contribution in [0.3, 0.4) is 0 Å². The quantitative estimate of drug-likeness (QED) is 0.568. The summed E-state index contributed by atoms with van der Waals surface area (Å²) in [7, 11) is 2.06. The Bertz CT molecular complexity index is 1080. The van der Waals surface area contributed by atoms with Crippen molar-refractivity contribution in [1.82, 2.24) is 19.6 Å². The first kappa shape index (κ1) is 15.1. The molecule has 1 saturated heterocycles. The topological polar surface area (TPSA) is 49.6 Å². The van der Waals surface area contributed by atoms with Crippen LogP contribution >= 0.6 is 0 Å². The van der Waals surface area contributed by atoms with Crippen LogP contribution in [0.1, 0.15) is 12.8 Å². The molecule has 0 unspecified atom stereocenters. The highest BCUT2D eigenvalue weighted by Crippen LogP contribution is 2.32. The molecule has 1 aliphatic rings. The molecule has 0 radical (unpaired) electrons. The lowest BCUT2D eigenvalue weighted by Gasteiger charge is -2.23. The van der Waals surface area contributed by atoms with Crippen LogP contribution in [0.15, 0.2) is 54.9 Å². The molecule has 130 valence electrons. The van der Waals surface area contributed by atoms with Crippen LogP contribution in [0.25, 0.3) is 16.7 Å². The second-order valence-electron chi connectivity index (χ2n) is 6.73. The lowest BCUT2D eigenvalue weighted by molar-refractivity contribution is 0.949. The molecular formula is C20H20N6. The summed E-state index contributed by atoms with van der Waals surface area (Å²) in [6.45, 7) is 2.28. The van der Waals surface area contributed by atoms with Gasteiger partial charge in [0, 0.05) is 36.9 Å². The predicted octanol–water partition coefficient (Wildman–Crippen LogP) is 3.65. The molecule has 0 saturated carbocycles. The summed E-state index contributed by atoms with van der Waals surface area (Å²) in [6.07, 6.45) is 4.26. The van der Waals surface area contributed by atoms with Crippen molar-refractivity contribution in [2.24, 2.45) is 0 Å². The summed E-state index contributed by atoms with van der Waals surface area (Å²) >= 11 is 0. The number of aromatic nitrogens is 4. The third-order valence-corrected chi connectivity index (χ3v) is 5.15. The molecule has 0 amide bonds. The number of para-hydroxylation sites is 1. The Kier molecular flexibility index (Phi) is 3.48. The maximum Gasteiger partial charge on any atom is 0.257 e. The first-order valence-corrected chi connectivity index (χ1v) is 8.98. The van der Waals surface area contributed by atoms with Gasteiger partial charge in [0.1, 0.15) is 12.1 Å². The van der Waals surface area contributed by atoms with E-state index < -0.39 is 0 Å². The Balaban J connectivity index is 1.63. The summed E-state index contributed by atoms with van der Waals surface area (Å²) < 4.78 is 1.92. The standard InChI is InChI=1S/C20H20N6/c1-24(15-7-6-8-16(13-15)25-11-4-5-12-25)19-17-9-2-3-10-18(17)26-14-21-23-20(26)22-19/h2-3,6-10,13-14H,4-5,11-12H2,1H3. The molecule has 0 bridgehead atoms. The molecule has 0 atom stereocenters. The Morgan fingerprint density at radius 1 is 1.00 bits per heavy atom. The van der Waals surface area contributed by atoms with Crippen LogP contribution in [0.5, 0.6) is 0 Å². The van der Waals surface area contributed by atoms with E-state index in [1.807, 2.05) is 16.5 Å². The predicted molar refractivity (Wildman–Crippen MR) is 104 cm³/mol. The van der Waals surface area contributed by atoms with E-state index in [2.05, 4.69) is 63.4 Å². The molecule has 1 aliphatic heterocycles. The minimum absolute atomic E-state index is 0.612. The van der Waals surface area contributed by atoms with Crippen molar-refractivity contribution in [3.8, 4) is 0 Å². The summed E-state index contributed by atoms with van der Waals surface area (Å²) in [4.78, 5) is 9.35. The monoisotopic (exact) mass is 344 g/mol. The molecule has 26 heavy (non-hydrogen) atoms. The Hall–Kier alpha value is -3.15. The molecule has 1 fully saturated rings. The van der Waals surface area contributed by atoms with Crippen LogP contribution < -0.4 is 9.80 Å². The molecular weight excluding hydrogens is 324 g/mol. The molecule has 4 aromatic rings. The Labute approximate surface area is 151 Å². The number of anilines is 3. The highest BCUT2D eigenvalue weighted by molar-refractivity contribution is 5.93. The zero-order valence-electron chi connectivity index (χ0n) is 14.7. The van der Waals surface area contributed by atoms with Gasteiger partial charge in [-0.3, -0.25) is 4.40 Å².